The van der Waals surface area contributed by atoms with Crippen LogP contribution in [0.2, 0.25) is 0 Å². The van der Waals surface area contributed by atoms with Crippen LogP contribution >= 0.6 is 0 Å². The monoisotopic (exact) mass is 416 g/mol. The lowest BCUT2D eigenvalue weighted by molar-refractivity contribution is -0.140. The van der Waals surface area contributed by atoms with Gasteiger partial charge in [-0.25, -0.2) is 9.78 Å². The maximum absolute atomic E-state index is 12.0. The molecule has 1 heterocycles. The van der Waals surface area contributed by atoms with Gasteiger partial charge in [-0.05, 0) is 31.9 Å². The summed E-state index contributed by atoms with van der Waals surface area (Å²) in [4.78, 5) is 27.8. The van der Waals surface area contributed by atoms with E-state index in [0.29, 0.717) is 37.4 Å². The van der Waals surface area contributed by atoms with Gasteiger partial charge in [0, 0.05) is 25.7 Å². The minimum Gasteiger partial charge on any atom is -0.491 e. The van der Waals surface area contributed by atoms with Crippen LogP contribution in [-0.2, 0) is 22.5 Å². The van der Waals surface area contributed by atoms with Crippen molar-refractivity contribution in [2.24, 2.45) is 0 Å². The summed E-state index contributed by atoms with van der Waals surface area (Å²) in [5.74, 6) is 1.31. The molecule has 2 amide bonds. The highest BCUT2D eigenvalue weighted by Gasteiger charge is 2.09. The normalized spacial score (nSPS) is 10.5. The van der Waals surface area contributed by atoms with Gasteiger partial charge in [0.25, 0.3) is 0 Å². The molecule has 164 valence electrons. The third kappa shape index (κ3) is 7.77. The average molecular weight is 417 g/mol. The molecule has 0 unspecified atom stereocenters. The van der Waals surface area contributed by atoms with Gasteiger partial charge < -0.3 is 24.7 Å². The summed E-state index contributed by atoms with van der Waals surface area (Å²) in [7, 11) is 1.39. The number of aromatic nitrogens is 2. The molecule has 0 saturated heterocycles. The zero-order valence-electron chi connectivity index (χ0n) is 18.1. The van der Waals surface area contributed by atoms with Crippen LogP contribution in [0.1, 0.15) is 44.1 Å². The minimum atomic E-state index is -0.234. The molecule has 0 spiro atoms. The number of urea groups is 1. The van der Waals surface area contributed by atoms with Gasteiger partial charge in [-0.2, -0.15) is 0 Å². The summed E-state index contributed by atoms with van der Waals surface area (Å²) >= 11 is 0. The van der Waals surface area contributed by atoms with E-state index >= 15 is 0 Å². The Kier molecular flexibility index (Phi) is 9.70. The molecule has 1 aromatic carbocycles. The highest BCUT2D eigenvalue weighted by atomic mass is 16.5. The molecule has 0 fully saturated rings. The fourth-order valence-corrected chi connectivity index (χ4v) is 2.91. The standard InChI is InChI=1S/C22H32N4O4/c1-4-5-13-23-22(28)25-19-9-6-7-10-20(19)30-15-8-14-26-16-18(24-17(26)2)11-12-21(27)29-3/h6-7,9-10,16H,4-5,8,11-15H2,1-3H3,(H2,23,25,28). The van der Waals surface area contributed by atoms with E-state index in [1.807, 2.05) is 37.4 Å². The number of carbonyl (C=O) groups excluding carboxylic acids is 2. The van der Waals surface area contributed by atoms with Gasteiger partial charge in [0.2, 0.25) is 0 Å². The third-order valence-corrected chi connectivity index (χ3v) is 4.59. The molecule has 8 heteroatoms. The number of para-hydroxylation sites is 2. The molecule has 2 N–H and O–H groups in total. The van der Waals surface area contributed by atoms with Crippen LogP contribution in [0.5, 0.6) is 5.75 Å². The number of benzene rings is 1. The lowest BCUT2D eigenvalue weighted by Crippen LogP contribution is -2.29. The summed E-state index contributed by atoms with van der Waals surface area (Å²) < 4.78 is 12.6. The van der Waals surface area contributed by atoms with Crippen molar-refractivity contribution >= 4 is 17.7 Å². The second-order valence-electron chi connectivity index (χ2n) is 6.98. The van der Waals surface area contributed by atoms with Crippen molar-refractivity contribution < 1.29 is 19.1 Å². The Labute approximate surface area is 178 Å². The van der Waals surface area contributed by atoms with Crippen LogP contribution in [0, 0.1) is 6.92 Å². The molecule has 0 aliphatic carbocycles. The number of amides is 2. The van der Waals surface area contributed by atoms with Crippen molar-refractivity contribution in [1.82, 2.24) is 14.9 Å². The van der Waals surface area contributed by atoms with E-state index in [-0.39, 0.29) is 12.0 Å². The summed E-state index contributed by atoms with van der Waals surface area (Å²) in [6.45, 7) is 5.93. The molecule has 0 aliphatic heterocycles. The quantitative estimate of drug-likeness (QED) is 0.406. The van der Waals surface area contributed by atoms with E-state index < -0.39 is 0 Å². The molecular formula is C22H32N4O4. The Balaban J connectivity index is 1.80. The fourth-order valence-electron chi connectivity index (χ4n) is 2.91. The van der Waals surface area contributed by atoms with E-state index in [0.717, 1.165) is 37.3 Å². The first kappa shape index (κ1) is 23.3. The predicted molar refractivity (Wildman–Crippen MR) is 116 cm³/mol. The molecule has 2 rings (SSSR count). The van der Waals surface area contributed by atoms with Crippen molar-refractivity contribution in [3.8, 4) is 5.75 Å². The van der Waals surface area contributed by atoms with Crippen molar-refractivity contribution in [2.45, 2.75) is 52.5 Å². The SMILES string of the molecule is CCCCNC(=O)Nc1ccccc1OCCCn1cc(CCC(=O)OC)nc1C. The Hall–Kier alpha value is -3.03. The molecule has 0 bridgehead atoms. The molecule has 2 aromatic rings. The smallest absolute Gasteiger partial charge is 0.319 e. The van der Waals surface area contributed by atoms with Crippen molar-refractivity contribution in [3.05, 3.63) is 42.0 Å². The molecule has 0 aliphatic rings. The van der Waals surface area contributed by atoms with Crippen LogP contribution < -0.4 is 15.4 Å². The zero-order chi connectivity index (χ0) is 21.8. The lowest BCUT2D eigenvalue weighted by atomic mass is 10.2. The first-order chi connectivity index (χ1) is 14.5. The third-order valence-electron chi connectivity index (χ3n) is 4.59. The molecule has 0 radical (unpaired) electrons. The summed E-state index contributed by atoms with van der Waals surface area (Å²) in [5, 5.41) is 5.67. The second kappa shape index (κ2) is 12.5. The van der Waals surface area contributed by atoms with Crippen molar-refractivity contribution in [1.29, 1.82) is 0 Å². The topological polar surface area (TPSA) is 94.5 Å². The van der Waals surface area contributed by atoms with Gasteiger partial charge in [0.1, 0.15) is 11.6 Å². The van der Waals surface area contributed by atoms with Gasteiger partial charge in [-0.3, -0.25) is 4.79 Å². The number of anilines is 1. The van der Waals surface area contributed by atoms with Crippen LogP contribution in [0.3, 0.4) is 0 Å². The lowest BCUT2D eigenvalue weighted by Gasteiger charge is -2.13. The maximum atomic E-state index is 12.0. The highest BCUT2D eigenvalue weighted by Crippen LogP contribution is 2.23. The number of aryl methyl sites for hydroxylation is 3. The van der Waals surface area contributed by atoms with E-state index in [2.05, 4.69) is 31.8 Å². The number of hydrogen-bond donors (Lipinski definition) is 2. The zero-order valence-corrected chi connectivity index (χ0v) is 18.1. The summed E-state index contributed by atoms with van der Waals surface area (Å²) in [6.07, 6.45) is 5.62. The Morgan fingerprint density at radius 2 is 2.00 bits per heavy atom. The molecule has 0 saturated carbocycles. The van der Waals surface area contributed by atoms with E-state index in [9.17, 15) is 9.59 Å². The number of hydrogen-bond acceptors (Lipinski definition) is 5. The number of nitrogens with one attached hydrogen (secondary N) is 2. The first-order valence-corrected chi connectivity index (χ1v) is 10.4. The number of rotatable bonds is 12. The van der Waals surface area contributed by atoms with Gasteiger partial charge in [-0.1, -0.05) is 25.5 Å². The predicted octanol–water partition coefficient (Wildman–Crippen LogP) is 3.69. The largest absolute Gasteiger partial charge is 0.491 e. The fraction of sp³-hybridized carbons (Fsp3) is 0.500. The second-order valence-corrected chi connectivity index (χ2v) is 6.98. The molecule has 30 heavy (non-hydrogen) atoms. The van der Waals surface area contributed by atoms with Crippen LogP contribution in [-0.4, -0.2) is 41.8 Å². The van der Waals surface area contributed by atoms with Gasteiger partial charge in [0.15, 0.2) is 0 Å². The van der Waals surface area contributed by atoms with Gasteiger partial charge in [-0.15, -0.1) is 0 Å². The minimum absolute atomic E-state index is 0.229. The van der Waals surface area contributed by atoms with Crippen molar-refractivity contribution in [2.75, 3.05) is 25.6 Å². The Bertz CT molecular complexity index is 819. The number of carbonyl (C=O) groups is 2. The Morgan fingerprint density at radius 1 is 1.20 bits per heavy atom. The van der Waals surface area contributed by atoms with Crippen LogP contribution in [0.4, 0.5) is 10.5 Å². The number of ether oxygens (including phenoxy) is 2. The summed E-state index contributed by atoms with van der Waals surface area (Å²) in [6, 6.07) is 7.17. The van der Waals surface area contributed by atoms with E-state index in [1.54, 1.807) is 0 Å². The molecular weight excluding hydrogens is 384 g/mol. The molecule has 0 atom stereocenters. The first-order valence-electron chi connectivity index (χ1n) is 10.4. The Morgan fingerprint density at radius 3 is 2.77 bits per heavy atom. The van der Waals surface area contributed by atoms with Crippen molar-refractivity contribution in [3.63, 3.8) is 0 Å². The number of imidazole rings is 1. The number of unbranched alkanes of at least 4 members (excludes halogenated alkanes) is 1. The van der Waals surface area contributed by atoms with Crippen LogP contribution in [0.25, 0.3) is 0 Å². The molecule has 1 aromatic heterocycles. The highest BCUT2D eigenvalue weighted by molar-refractivity contribution is 5.90. The van der Waals surface area contributed by atoms with E-state index in [4.69, 9.17) is 4.74 Å². The number of esters is 1. The number of methoxy groups -OCH3 is 1. The van der Waals surface area contributed by atoms with Gasteiger partial charge >= 0.3 is 12.0 Å². The van der Waals surface area contributed by atoms with Gasteiger partial charge in [0.05, 0.1) is 31.5 Å². The number of nitrogens with zero attached hydrogens (tertiary/aromatic N) is 2. The van der Waals surface area contributed by atoms with Crippen LogP contribution in [0.15, 0.2) is 30.5 Å². The average Bonchev–Trinajstić information content (AvgIpc) is 3.10. The molecule has 8 nitrogen and oxygen atoms in total. The summed E-state index contributed by atoms with van der Waals surface area (Å²) in [5.41, 5.74) is 1.53. The van der Waals surface area contributed by atoms with E-state index in [1.165, 1.54) is 7.11 Å². The maximum Gasteiger partial charge on any atom is 0.319 e.